The molecule has 0 unspecified atom stereocenters. The number of aliphatic imine (C=N–C) groups is 2. The Morgan fingerprint density at radius 1 is 0.367 bits per heavy atom. The molecule has 13 amide bonds. The third-order valence-electron chi connectivity index (χ3n) is 25.2. The van der Waals surface area contributed by atoms with E-state index in [1.54, 1.807) is 48.5 Å². The number of amides is 13. The number of hydrogen-bond donors (Lipinski definition) is 18. The molecular weight excluding hydrogens is 1820 g/mol. The van der Waals surface area contributed by atoms with Crippen molar-refractivity contribution >= 4 is 128 Å². The number of nitrogens with two attached hydrogens (primary N) is 7. The van der Waals surface area contributed by atoms with Crippen LogP contribution in [0.5, 0.6) is 0 Å². The number of thioether (sulfide) groups is 2. The molecule has 2 fully saturated rings. The number of carboxylic acid groups (broad SMARTS) is 1. The van der Waals surface area contributed by atoms with Crippen molar-refractivity contribution in [2.75, 3.05) is 44.2 Å². The first kappa shape index (κ1) is 126. The van der Waals surface area contributed by atoms with Crippen molar-refractivity contribution in [3.8, 4) is 0 Å². The molecule has 40 heteroatoms. The molecule has 0 aromatic carbocycles. The number of unbranched alkanes of at least 4 members (excludes halogenated alkanes) is 25. The lowest BCUT2D eigenvalue weighted by Crippen LogP contribution is -2.62. The molecule has 0 aromatic heterocycles. The molecule has 796 valence electrons. The summed E-state index contributed by atoms with van der Waals surface area (Å²) in [4.78, 5) is 241. The van der Waals surface area contributed by atoms with Crippen LogP contribution >= 0.6 is 23.5 Å². The van der Waals surface area contributed by atoms with Gasteiger partial charge in [0.2, 0.25) is 76.8 Å². The molecule has 25 N–H and O–H groups in total. The van der Waals surface area contributed by atoms with Crippen LogP contribution in [0.4, 0.5) is 0 Å². The maximum atomic E-state index is 15.6. The summed E-state index contributed by atoms with van der Waals surface area (Å²) in [6, 6.07) is -17.8. The molecule has 0 spiro atoms. The molecular formula is C99H181N21O17S2. The van der Waals surface area contributed by atoms with Crippen molar-refractivity contribution in [3.05, 3.63) is 0 Å². The third kappa shape index (κ3) is 54.2. The predicted molar refractivity (Wildman–Crippen MR) is 549 cm³/mol. The topological polar surface area (TPSA) is 627 Å². The van der Waals surface area contributed by atoms with Crippen LogP contribution in [-0.2, 0) is 76.7 Å². The molecule has 38 nitrogen and oxygen atoms in total. The maximum Gasteiger partial charge on any atom is 0.326 e. The molecule has 2 aliphatic rings. The van der Waals surface area contributed by atoms with Gasteiger partial charge in [0, 0.05) is 50.5 Å². The number of nitrogens with zero attached hydrogens (tertiary/aromatic N) is 4. The first-order chi connectivity index (χ1) is 66.1. The van der Waals surface area contributed by atoms with Crippen LogP contribution < -0.4 is 93.3 Å². The lowest BCUT2D eigenvalue weighted by atomic mass is 9.96. The molecule has 2 aliphatic heterocycles. The van der Waals surface area contributed by atoms with E-state index >= 15 is 24.0 Å². The Balaban J connectivity index is 2.74. The van der Waals surface area contributed by atoms with Crippen LogP contribution in [0.25, 0.3) is 0 Å². The highest BCUT2D eigenvalue weighted by Gasteiger charge is 2.45. The standard InChI is InChI=1S/C99H181N21O17S2/c1-13-16-18-20-22-24-26-28-30-32-34-36-38-51-81(122)138-62-76(115-92(131)78-49-45-57-120(78)96(135)84(68(12)15-3)118-88(127)72(48-43-55-108-99(105)106)109-85(124)69(101)58-64(4)5)91(130)116-77(63-139-82(123)52-39-37-35-33-31-29-27-25-23-21-19-17-14-2)95(134)119-56-44-50-79(119)93(132)117-83(67(10)11)94(133)113-74(61-80(102)121)90(129)112-73(59-65(6)7)89(128)111-70(46-40-41-53-100)86(125)110-71(47-42-54-107-98(103)104)87(126)114-75(97(136)137)60-66(8)9/h64-79,83-84H,13-63,100-101H2,1-12H3,(H2,102,121)(H,109,124)(H,110,125)(H,111,128)(H,112,129)(H,113,133)(H,114,126)(H,115,131)(H,116,130)(H,117,132)(H,118,127)(H,136,137)(H4,103,104,107)(H4,105,106,108)/t68-,69-,70-,71-,72-,73-,74-,75-,76-,77-,78-,79-,83-,84-/m0/s1. The monoisotopic (exact) mass is 2000 g/mol. The SMILES string of the molecule is CCCCCCCCCCCCCCCC(=O)SC[C@H](NC(=O)[C@@H]1CCCN1C(=O)[C@@H](NC(=O)[C@H](CCCN=C(N)N)NC(=O)[C@@H](N)CC(C)C)[C@@H](C)CC)C(=O)N[C@@H](CSC(=O)CCCCCCCCCCCCCCC)C(=O)N1CCC[C@H]1C(=O)N[C@H](C(=O)N[C@@H](CC(N)=O)C(=O)N[C@@H](CC(C)C)C(=O)N[C@@H](CCCCN)C(=O)N[C@@H](CCCN=C(N)N)C(=O)N[C@@H](CC(C)C)C(=O)O)C(C)C. The zero-order valence-corrected chi connectivity index (χ0v) is 87.7. The van der Waals surface area contributed by atoms with Crippen molar-refractivity contribution in [2.24, 2.45) is 79.7 Å². The summed E-state index contributed by atoms with van der Waals surface area (Å²) >= 11 is 1.64. The van der Waals surface area contributed by atoms with Crippen molar-refractivity contribution in [1.29, 1.82) is 0 Å². The number of nitrogens with one attached hydrogen (secondary N) is 10. The van der Waals surface area contributed by atoms with Crippen molar-refractivity contribution in [2.45, 2.75) is 444 Å². The fourth-order valence-electron chi connectivity index (χ4n) is 17.0. The molecule has 0 saturated carbocycles. The molecule has 139 heavy (non-hydrogen) atoms. The number of primary amides is 1. The largest absolute Gasteiger partial charge is 0.480 e. The van der Waals surface area contributed by atoms with Crippen LogP contribution in [0.1, 0.15) is 366 Å². The van der Waals surface area contributed by atoms with Crippen LogP contribution in [0, 0.1) is 29.6 Å². The highest BCUT2D eigenvalue weighted by atomic mass is 32.2. The van der Waals surface area contributed by atoms with Crippen LogP contribution in [0.15, 0.2) is 9.98 Å². The number of hydrogen-bond acceptors (Lipinski definition) is 22. The van der Waals surface area contributed by atoms with E-state index in [0.29, 0.717) is 44.9 Å². The van der Waals surface area contributed by atoms with Gasteiger partial charge >= 0.3 is 5.97 Å². The molecule has 0 aliphatic carbocycles. The molecule has 14 atom stereocenters. The minimum absolute atomic E-state index is 0.0177. The van der Waals surface area contributed by atoms with Gasteiger partial charge in [-0.3, -0.25) is 81.9 Å². The fourth-order valence-corrected chi connectivity index (χ4v) is 18.8. The van der Waals surface area contributed by atoms with Gasteiger partial charge in [-0.1, -0.05) is 267 Å². The van der Waals surface area contributed by atoms with Gasteiger partial charge in [-0.25, -0.2) is 4.79 Å². The highest BCUT2D eigenvalue weighted by Crippen LogP contribution is 2.27. The van der Waals surface area contributed by atoms with Gasteiger partial charge in [0.15, 0.2) is 22.1 Å². The maximum absolute atomic E-state index is 15.6. The molecule has 0 bridgehead atoms. The second-order valence-electron chi connectivity index (χ2n) is 39.5. The number of rotatable bonds is 78. The summed E-state index contributed by atoms with van der Waals surface area (Å²) in [5, 5.41) is 36.6. The Morgan fingerprint density at radius 3 is 1.13 bits per heavy atom. The second kappa shape index (κ2) is 73.2. The zero-order chi connectivity index (χ0) is 104. The van der Waals surface area contributed by atoms with Gasteiger partial charge in [-0.2, -0.15) is 0 Å². The fraction of sp³-hybridized carbons (Fsp3) is 0.818. The summed E-state index contributed by atoms with van der Waals surface area (Å²) in [7, 11) is 0. The quantitative estimate of drug-likeness (QED) is 0.0158. The minimum atomic E-state index is -1.78. The Kier molecular flexibility index (Phi) is 66.4. The van der Waals surface area contributed by atoms with E-state index in [-0.39, 0.29) is 161 Å². The van der Waals surface area contributed by atoms with Gasteiger partial charge in [-0.05, 0) is 139 Å². The van der Waals surface area contributed by atoms with E-state index in [2.05, 4.69) is 77.0 Å². The first-order valence-electron chi connectivity index (χ1n) is 52.1. The number of carboxylic acids is 1. The number of guanidine groups is 2. The van der Waals surface area contributed by atoms with Crippen LogP contribution in [0.3, 0.4) is 0 Å². The Labute approximate surface area is 836 Å². The Bertz CT molecular complexity index is 3780. The van der Waals surface area contributed by atoms with E-state index in [9.17, 15) is 57.8 Å². The zero-order valence-electron chi connectivity index (χ0n) is 86.1. The Morgan fingerprint density at radius 2 is 0.719 bits per heavy atom. The van der Waals surface area contributed by atoms with E-state index in [1.807, 2.05) is 20.8 Å². The normalized spacial score (nSPS) is 16.2. The van der Waals surface area contributed by atoms with Gasteiger partial charge in [0.05, 0.1) is 12.5 Å². The number of carbonyl (C=O) groups excluding carboxylic acids is 15. The van der Waals surface area contributed by atoms with Crippen LogP contribution in [-0.4, -0.2) is 243 Å². The smallest absolute Gasteiger partial charge is 0.326 e. The summed E-state index contributed by atoms with van der Waals surface area (Å²) in [5.74, 6) is -14.9. The minimum Gasteiger partial charge on any atom is -0.480 e. The van der Waals surface area contributed by atoms with Crippen molar-refractivity contribution < 1.29 is 81.8 Å². The van der Waals surface area contributed by atoms with E-state index in [1.165, 1.54) is 99.7 Å². The van der Waals surface area contributed by atoms with Gasteiger partial charge in [-0.15, -0.1) is 0 Å². The summed E-state index contributed by atoms with van der Waals surface area (Å²) < 4.78 is 0. The van der Waals surface area contributed by atoms with Crippen LogP contribution in [0.2, 0.25) is 0 Å². The second-order valence-corrected chi connectivity index (χ2v) is 41.7. The molecule has 2 rings (SSSR count). The molecule has 2 saturated heterocycles. The number of aliphatic carboxylic acids is 1. The van der Waals surface area contributed by atoms with E-state index in [4.69, 9.17) is 40.1 Å². The molecule has 2 heterocycles. The van der Waals surface area contributed by atoms with Gasteiger partial charge < -0.3 is 108 Å². The highest BCUT2D eigenvalue weighted by molar-refractivity contribution is 8.13. The lowest BCUT2D eigenvalue weighted by molar-refractivity contribution is -0.144. The predicted octanol–water partition coefficient (Wildman–Crippen LogP) is 7.66. The third-order valence-corrected chi connectivity index (χ3v) is 27.3. The van der Waals surface area contributed by atoms with Gasteiger partial charge in [0.1, 0.15) is 72.5 Å². The molecule has 0 aromatic rings. The van der Waals surface area contributed by atoms with Crippen molar-refractivity contribution in [1.82, 2.24) is 63.0 Å². The Hall–Kier alpha value is -8.92. The van der Waals surface area contributed by atoms with E-state index in [0.717, 1.165) is 87.7 Å². The average molecular weight is 2000 g/mol. The average Bonchev–Trinajstić information content (AvgIpc) is 1.71. The first-order valence-corrected chi connectivity index (χ1v) is 54.1. The summed E-state index contributed by atoms with van der Waals surface area (Å²) in [6.45, 7) is 22.4. The number of carbonyl (C=O) groups is 16. The summed E-state index contributed by atoms with van der Waals surface area (Å²) in [5.41, 5.74) is 40.2. The van der Waals surface area contributed by atoms with E-state index < -0.39 is 180 Å². The lowest BCUT2D eigenvalue weighted by Gasteiger charge is -2.33. The number of likely N-dealkylation sites (tertiary alicyclic amines) is 2. The van der Waals surface area contributed by atoms with Crippen molar-refractivity contribution in [3.63, 3.8) is 0 Å². The molecule has 0 radical (unpaired) electrons. The van der Waals surface area contributed by atoms with Gasteiger partial charge in [0.25, 0.3) is 0 Å². The summed E-state index contributed by atoms with van der Waals surface area (Å²) in [6.07, 6.45) is 30.3.